The van der Waals surface area contributed by atoms with Gasteiger partial charge >= 0.3 is 6.09 Å². The summed E-state index contributed by atoms with van der Waals surface area (Å²) in [7, 11) is 0. The zero-order valence-corrected chi connectivity index (χ0v) is 21.0. The highest BCUT2D eigenvalue weighted by Crippen LogP contribution is 2.46. The van der Waals surface area contributed by atoms with Crippen LogP contribution in [-0.4, -0.2) is 51.7 Å². The average Bonchev–Trinajstić information content (AvgIpc) is 3.14. The monoisotopic (exact) mass is 488 g/mol. The molecule has 0 bridgehead atoms. The second-order valence-electron chi connectivity index (χ2n) is 11.3. The number of nitrogens with zero attached hydrogens (tertiary/aromatic N) is 2. The predicted octanol–water partition coefficient (Wildman–Crippen LogP) is 5.54. The lowest BCUT2D eigenvalue weighted by molar-refractivity contribution is -0.111. The standard InChI is InChI=1S/C26H34F2N4O3/c1-24(2,3)35-23(34)32-12-10-17(11-13-32)16-6-8-18(9-7-16)29-22(33)21-19-14-26(27,28)25(4,5)15-20(19)30-31-21/h6-9,17H,10-15H2,1-5H3,(H,29,33)(H,30,31). The second-order valence-corrected chi connectivity index (χ2v) is 11.3. The van der Waals surface area contributed by atoms with E-state index in [1.165, 1.54) is 13.8 Å². The molecular weight excluding hydrogens is 454 g/mol. The van der Waals surface area contributed by atoms with E-state index in [4.69, 9.17) is 4.74 Å². The molecule has 9 heteroatoms. The van der Waals surface area contributed by atoms with E-state index in [1.807, 2.05) is 45.0 Å². The number of nitrogens with one attached hydrogen (secondary N) is 2. The minimum Gasteiger partial charge on any atom is -0.444 e. The molecule has 0 atom stereocenters. The molecule has 2 amide bonds. The highest BCUT2D eigenvalue weighted by molar-refractivity contribution is 6.04. The number of likely N-dealkylation sites (tertiary alicyclic amines) is 1. The molecule has 1 fully saturated rings. The SMILES string of the molecule is CC(C)(C)OC(=O)N1CCC(c2ccc(NC(=O)c3n[nH]c4c3CC(F)(F)C(C)(C)C4)cc2)CC1. The number of benzene rings is 1. The molecule has 35 heavy (non-hydrogen) atoms. The van der Waals surface area contributed by atoms with E-state index >= 15 is 0 Å². The van der Waals surface area contributed by atoms with E-state index in [0.717, 1.165) is 18.4 Å². The Morgan fingerprint density at radius 3 is 2.34 bits per heavy atom. The third-order valence-electron chi connectivity index (χ3n) is 6.96. The van der Waals surface area contributed by atoms with Crippen LogP contribution in [0.25, 0.3) is 0 Å². The van der Waals surface area contributed by atoms with Gasteiger partial charge in [0.25, 0.3) is 11.8 Å². The summed E-state index contributed by atoms with van der Waals surface area (Å²) in [5.41, 5.74) is 0.906. The number of hydrogen-bond donors (Lipinski definition) is 2. The van der Waals surface area contributed by atoms with Crippen LogP contribution in [0.5, 0.6) is 0 Å². The van der Waals surface area contributed by atoms with Gasteiger partial charge in [-0.3, -0.25) is 9.89 Å². The van der Waals surface area contributed by atoms with Gasteiger partial charge in [0.15, 0.2) is 5.69 Å². The van der Waals surface area contributed by atoms with Crippen molar-refractivity contribution >= 4 is 17.7 Å². The van der Waals surface area contributed by atoms with Crippen molar-refractivity contribution in [1.29, 1.82) is 0 Å². The van der Waals surface area contributed by atoms with Crippen molar-refractivity contribution in [1.82, 2.24) is 15.1 Å². The topological polar surface area (TPSA) is 87.3 Å². The van der Waals surface area contributed by atoms with Gasteiger partial charge in [-0.1, -0.05) is 26.0 Å². The highest BCUT2D eigenvalue weighted by atomic mass is 19.3. The Morgan fingerprint density at radius 1 is 1.11 bits per heavy atom. The molecule has 4 rings (SSSR count). The maximum Gasteiger partial charge on any atom is 0.410 e. The van der Waals surface area contributed by atoms with E-state index in [-0.39, 0.29) is 18.2 Å². The normalized spacial score (nSPS) is 19.7. The number of alkyl halides is 2. The number of aromatic nitrogens is 2. The molecule has 1 aliphatic carbocycles. The Balaban J connectivity index is 1.36. The van der Waals surface area contributed by atoms with Gasteiger partial charge in [-0.2, -0.15) is 5.10 Å². The van der Waals surface area contributed by atoms with Crippen LogP contribution in [-0.2, 0) is 17.6 Å². The number of H-pyrrole nitrogens is 1. The fourth-order valence-corrected chi connectivity index (χ4v) is 4.71. The quantitative estimate of drug-likeness (QED) is 0.594. The average molecular weight is 489 g/mol. The van der Waals surface area contributed by atoms with Gasteiger partial charge in [-0.05, 0) is 57.2 Å². The number of fused-ring (bicyclic) bond motifs is 1. The van der Waals surface area contributed by atoms with E-state index in [9.17, 15) is 18.4 Å². The Bertz CT molecular complexity index is 1090. The van der Waals surface area contributed by atoms with Crippen molar-refractivity contribution in [2.24, 2.45) is 5.41 Å². The summed E-state index contributed by atoms with van der Waals surface area (Å²) in [6.07, 6.45) is 1.01. The number of aromatic amines is 1. The molecule has 0 unspecified atom stereocenters. The number of carbonyl (C=O) groups is 2. The van der Waals surface area contributed by atoms with Crippen molar-refractivity contribution in [2.75, 3.05) is 18.4 Å². The van der Waals surface area contributed by atoms with E-state index in [2.05, 4.69) is 15.5 Å². The third-order valence-corrected chi connectivity index (χ3v) is 6.96. The molecule has 0 spiro atoms. The molecule has 1 aliphatic heterocycles. The lowest BCUT2D eigenvalue weighted by Crippen LogP contribution is -2.44. The number of carbonyl (C=O) groups excluding carboxylic acids is 2. The van der Waals surface area contributed by atoms with Gasteiger partial charge in [-0.15, -0.1) is 0 Å². The molecule has 1 aromatic carbocycles. The molecule has 0 saturated carbocycles. The van der Waals surface area contributed by atoms with E-state index in [0.29, 0.717) is 36.0 Å². The molecule has 1 aromatic heterocycles. The van der Waals surface area contributed by atoms with Crippen LogP contribution in [0, 0.1) is 5.41 Å². The number of anilines is 1. The fourth-order valence-electron chi connectivity index (χ4n) is 4.71. The van der Waals surface area contributed by atoms with Crippen LogP contribution in [0.2, 0.25) is 0 Å². The van der Waals surface area contributed by atoms with Crippen LogP contribution >= 0.6 is 0 Å². The van der Waals surface area contributed by atoms with Crippen LogP contribution < -0.4 is 5.32 Å². The molecule has 2 aromatic rings. The first-order chi connectivity index (χ1) is 16.3. The van der Waals surface area contributed by atoms with Crippen LogP contribution in [0.4, 0.5) is 19.3 Å². The lowest BCUT2D eigenvalue weighted by Gasteiger charge is -2.37. The fraction of sp³-hybridized carbons (Fsp3) is 0.577. The molecule has 190 valence electrons. The highest BCUT2D eigenvalue weighted by Gasteiger charge is 2.51. The van der Waals surface area contributed by atoms with Crippen molar-refractivity contribution < 1.29 is 23.1 Å². The predicted molar refractivity (Wildman–Crippen MR) is 129 cm³/mol. The summed E-state index contributed by atoms with van der Waals surface area (Å²) in [5.74, 6) is -3.11. The zero-order valence-electron chi connectivity index (χ0n) is 21.0. The maximum absolute atomic E-state index is 14.6. The van der Waals surface area contributed by atoms with Crippen LogP contribution in [0.1, 0.15) is 80.7 Å². The number of ether oxygens (including phenoxy) is 1. The van der Waals surface area contributed by atoms with Gasteiger partial charge < -0.3 is 15.0 Å². The Labute approximate surface area is 204 Å². The summed E-state index contributed by atoms with van der Waals surface area (Å²) >= 11 is 0. The Kier molecular flexibility index (Phi) is 6.40. The first-order valence-corrected chi connectivity index (χ1v) is 12.1. The van der Waals surface area contributed by atoms with Gasteiger partial charge in [0.2, 0.25) is 0 Å². The van der Waals surface area contributed by atoms with E-state index < -0.39 is 29.3 Å². The number of rotatable bonds is 3. The summed E-state index contributed by atoms with van der Waals surface area (Å²) < 4.78 is 34.6. The van der Waals surface area contributed by atoms with Crippen LogP contribution in [0.3, 0.4) is 0 Å². The van der Waals surface area contributed by atoms with Crippen LogP contribution in [0.15, 0.2) is 24.3 Å². The van der Waals surface area contributed by atoms with Crippen molar-refractivity contribution in [3.8, 4) is 0 Å². The van der Waals surface area contributed by atoms with E-state index in [1.54, 1.807) is 4.90 Å². The summed E-state index contributed by atoms with van der Waals surface area (Å²) in [5, 5.41) is 9.61. The molecular formula is C26H34F2N4O3. The largest absolute Gasteiger partial charge is 0.444 e. The van der Waals surface area contributed by atoms with Gasteiger partial charge in [0.1, 0.15) is 5.60 Å². The number of piperidine rings is 1. The van der Waals surface area contributed by atoms with Crippen molar-refractivity contribution in [2.45, 2.75) is 77.7 Å². The first-order valence-electron chi connectivity index (χ1n) is 12.1. The molecule has 2 heterocycles. The first kappa shape index (κ1) is 25.1. The van der Waals surface area contributed by atoms with Crippen molar-refractivity contribution in [3.05, 3.63) is 46.8 Å². The third kappa shape index (κ3) is 5.33. The van der Waals surface area contributed by atoms with Crippen molar-refractivity contribution in [3.63, 3.8) is 0 Å². The van der Waals surface area contributed by atoms with Gasteiger partial charge in [-0.25, -0.2) is 13.6 Å². The minimum absolute atomic E-state index is 0.0220. The molecule has 0 radical (unpaired) electrons. The molecule has 1 saturated heterocycles. The number of halogens is 2. The molecule has 7 nitrogen and oxygen atoms in total. The Morgan fingerprint density at radius 2 is 1.74 bits per heavy atom. The minimum atomic E-state index is -2.92. The van der Waals surface area contributed by atoms with Gasteiger partial charge in [0, 0.05) is 48.3 Å². The van der Waals surface area contributed by atoms with Gasteiger partial charge in [0.05, 0.1) is 0 Å². The zero-order chi connectivity index (χ0) is 25.6. The smallest absolute Gasteiger partial charge is 0.410 e. The summed E-state index contributed by atoms with van der Waals surface area (Å²) in [6.45, 7) is 9.88. The molecule has 2 N–H and O–H groups in total. The Hall–Kier alpha value is -2.97. The summed E-state index contributed by atoms with van der Waals surface area (Å²) in [6, 6.07) is 7.54. The second kappa shape index (κ2) is 8.91. The maximum atomic E-state index is 14.6. The number of amides is 2. The number of hydrogen-bond acceptors (Lipinski definition) is 4. The molecule has 2 aliphatic rings. The lowest BCUT2D eigenvalue weighted by atomic mass is 9.73. The summed E-state index contributed by atoms with van der Waals surface area (Å²) in [4.78, 5) is 26.8.